The number of esters is 1. The Bertz CT molecular complexity index is 879. The van der Waals surface area contributed by atoms with E-state index < -0.39 is 5.97 Å². The Balaban J connectivity index is 1.67. The summed E-state index contributed by atoms with van der Waals surface area (Å²) in [5, 5.41) is 10.2. The molecule has 132 valence electrons. The minimum Gasteiger partial charge on any atom is -0.507 e. The van der Waals surface area contributed by atoms with Gasteiger partial charge in [-0.25, -0.2) is 4.79 Å². The average Bonchev–Trinajstić information content (AvgIpc) is 2.68. The van der Waals surface area contributed by atoms with Gasteiger partial charge in [0, 0.05) is 6.07 Å². The van der Waals surface area contributed by atoms with Crippen LogP contribution in [0.1, 0.15) is 21.5 Å². The van der Waals surface area contributed by atoms with Gasteiger partial charge in [-0.05, 0) is 39.8 Å². The SMILES string of the molecule is O=C(OCc1ccccc1)c1cc(I)c(OCc2ccccc2)cc1O. The number of phenolic OH excluding ortho intramolecular Hbond substituents is 1. The first-order valence-electron chi connectivity index (χ1n) is 8.04. The summed E-state index contributed by atoms with van der Waals surface area (Å²) in [7, 11) is 0. The molecule has 0 atom stereocenters. The molecule has 26 heavy (non-hydrogen) atoms. The second-order valence-electron chi connectivity index (χ2n) is 5.64. The summed E-state index contributed by atoms with van der Waals surface area (Å²) < 4.78 is 11.7. The van der Waals surface area contributed by atoms with Crippen LogP contribution in [0.25, 0.3) is 0 Å². The van der Waals surface area contributed by atoms with Crippen LogP contribution in [0.3, 0.4) is 0 Å². The molecule has 0 saturated carbocycles. The zero-order valence-electron chi connectivity index (χ0n) is 13.9. The molecular weight excluding hydrogens is 443 g/mol. The summed E-state index contributed by atoms with van der Waals surface area (Å²) >= 11 is 2.07. The van der Waals surface area contributed by atoms with E-state index >= 15 is 0 Å². The number of halogens is 1. The second kappa shape index (κ2) is 8.71. The molecule has 3 aromatic rings. The van der Waals surface area contributed by atoms with Crippen molar-refractivity contribution in [2.24, 2.45) is 0 Å². The summed E-state index contributed by atoms with van der Waals surface area (Å²) in [6.07, 6.45) is 0. The van der Waals surface area contributed by atoms with Crippen LogP contribution in [0.4, 0.5) is 0 Å². The average molecular weight is 460 g/mol. The maximum Gasteiger partial charge on any atom is 0.342 e. The van der Waals surface area contributed by atoms with E-state index in [0.29, 0.717) is 12.4 Å². The molecule has 0 aliphatic carbocycles. The van der Waals surface area contributed by atoms with Gasteiger partial charge < -0.3 is 14.6 Å². The number of hydrogen-bond donors (Lipinski definition) is 1. The molecule has 0 saturated heterocycles. The van der Waals surface area contributed by atoms with Gasteiger partial charge in [0.2, 0.25) is 0 Å². The van der Waals surface area contributed by atoms with Crippen LogP contribution in [0, 0.1) is 3.57 Å². The number of benzene rings is 3. The molecule has 5 heteroatoms. The Kier molecular flexibility index (Phi) is 6.12. The maximum absolute atomic E-state index is 12.3. The van der Waals surface area contributed by atoms with Gasteiger partial charge in [0.25, 0.3) is 0 Å². The van der Waals surface area contributed by atoms with Crippen molar-refractivity contribution in [2.45, 2.75) is 13.2 Å². The summed E-state index contributed by atoms with van der Waals surface area (Å²) in [6.45, 7) is 0.538. The van der Waals surface area contributed by atoms with Gasteiger partial charge in [0.1, 0.15) is 30.3 Å². The standard InChI is InChI=1S/C21H17IO4/c22-18-11-17(21(24)26-14-16-9-5-2-6-10-16)19(23)12-20(18)25-13-15-7-3-1-4-8-15/h1-12,23H,13-14H2. The predicted molar refractivity (Wildman–Crippen MR) is 107 cm³/mol. The fourth-order valence-electron chi connectivity index (χ4n) is 2.35. The first kappa shape index (κ1) is 18.3. The monoisotopic (exact) mass is 460 g/mol. The normalized spacial score (nSPS) is 10.3. The van der Waals surface area contributed by atoms with E-state index in [1.54, 1.807) is 6.07 Å². The van der Waals surface area contributed by atoms with Crippen molar-refractivity contribution < 1.29 is 19.4 Å². The van der Waals surface area contributed by atoms with Crippen molar-refractivity contribution in [1.29, 1.82) is 0 Å². The first-order valence-corrected chi connectivity index (χ1v) is 9.11. The Morgan fingerprint density at radius 3 is 2.08 bits per heavy atom. The fourth-order valence-corrected chi connectivity index (χ4v) is 2.98. The lowest BCUT2D eigenvalue weighted by Crippen LogP contribution is -2.07. The number of rotatable bonds is 6. The molecule has 0 unspecified atom stereocenters. The van der Waals surface area contributed by atoms with Gasteiger partial charge in [0.15, 0.2) is 0 Å². The van der Waals surface area contributed by atoms with E-state index in [-0.39, 0.29) is 17.9 Å². The maximum atomic E-state index is 12.3. The number of carbonyl (C=O) groups is 1. The lowest BCUT2D eigenvalue weighted by Gasteiger charge is -2.12. The third-order valence-electron chi connectivity index (χ3n) is 3.72. The molecule has 0 bridgehead atoms. The van der Waals surface area contributed by atoms with E-state index in [0.717, 1.165) is 14.7 Å². The van der Waals surface area contributed by atoms with E-state index in [2.05, 4.69) is 22.6 Å². The van der Waals surface area contributed by atoms with Crippen molar-refractivity contribution in [1.82, 2.24) is 0 Å². The summed E-state index contributed by atoms with van der Waals surface area (Å²) in [5.74, 6) is -0.211. The Labute approximate surface area is 165 Å². The molecule has 0 fully saturated rings. The zero-order chi connectivity index (χ0) is 18.4. The highest BCUT2D eigenvalue weighted by Gasteiger charge is 2.17. The second-order valence-corrected chi connectivity index (χ2v) is 6.80. The third-order valence-corrected chi connectivity index (χ3v) is 4.56. The molecule has 3 rings (SSSR count). The van der Waals surface area contributed by atoms with E-state index in [4.69, 9.17) is 9.47 Å². The van der Waals surface area contributed by atoms with Crippen molar-refractivity contribution in [3.05, 3.63) is 93.1 Å². The Hall–Kier alpha value is -2.54. The van der Waals surface area contributed by atoms with Crippen molar-refractivity contribution in [3.63, 3.8) is 0 Å². The van der Waals surface area contributed by atoms with Crippen LogP contribution < -0.4 is 4.74 Å². The Morgan fingerprint density at radius 1 is 0.885 bits per heavy atom. The number of ether oxygens (including phenoxy) is 2. The quantitative estimate of drug-likeness (QED) is 0.419. The highest BCUT2D eigenvalue weighted by Crippen LogP contribution is 2.30. The van der Waals surface area contributed by atoms with E-state index in [1.165, 1.54) is 6.07 Å². The molecule has 0 aliphatic heterocycles. The number of aromatic hydroxyl groups is 1. The molecule has 0 heterocycles. The van der Waals surface area contributed by atoms with Crippen molar-refractivity contribution in [2.75, 3.05) is 0 Å². The molecule has 0 amide bonds. The van der Waals surface area contributed by atoms with Gasteiger partial charge in [-0.2, -0.15) is 0 Å². The minimum atomic E-state index is -0.570. The Morgan fingerprint density at radius 2 is 1.46 bits per heavy atom. The fraction of sp³-hybridized carbons (Fsp3) is 0.0952. The van der Waals surface area contributed by atoms with Gasteiger partial charge in [-0.3, -0.25) is 0 Å². The lowest BCUT2D eigenvalue weighted by atomic mass is 10.2. The molecule has 0 radical (unpaired) electrons. The predicted octanol–water partition coefficient (Wildman–Crippen LogP) is 4.93. The molecular formula is C21H17IO4. The highest BCUT2D eigenvalue weighted by atomic mass is 127. The van der Waals surface area contributed by atoms with Gasteiger partial charge >= 0.3 is 5.97 Å². The summed E-state index contributed by atoms with van der Waals surface area (Å²) in [4.78, 5) is 12.3. The van der Waals surface area contributed by atoms with Crippen LogP contribution in [0.5, 0.6) is 11.5 Å². The molecule has 0 aromatic heterocycles. The molecule has 3 aromatic carbocycles. The van der Waals surface area contributed by atoms with Crippen molar-refractivity contribution >= 4 is 28.6 Å². The van der Waals surface area contributed by atoms with Crippen LogP contribution in [0.2, 0.25) is 0 Å². The van der Waals surface area contributed by atoms with E-state index in [9.17, 15) is 9.90 Å². The van der Waals surface area contributed by atoms with Gasteiger partial charge in [-0.1, -0.05) is 60.7 Å². The number of phenols is 1. The van der Waals surface area contributed by atoms with Crippen LogP contribution in [-0.2, 0) is 18.0 Å². The number of carbonyl (C=O) groups excluding carboxylic acids is 1. The third kappa shape index (κ3) is 4.76. The molecule has 0 spiro atoms. The lowest BCUT2D eigenvalue weighted by molar-refractivity contribution is 0.0469. The topological polar surface area (TPSA) is 55.8 Å². The number of hydrogen-bond acceptors (Lipinski definition) is 4. The smallest absolute Gasteiger partial charge is 0.342 e. The largest absolute Gasteiger partial charge is 0.507 e. The highest BCUT2D eigenvalue weighted by molar-refractivity contribution is 14.1. The van der Waals surface area contributed by atoms with Crippen LogP contribution in [-0.4, -0.2) is 11.1 Å². The molecule has 4 nitrogen and oxygen atoms in total. The minimum absolute atomic E-state index is 0.123. The van der Waals surface area contributed by atoms with E-state index in [1.807, 2.05) is 60.7 Å². The first-order chi connectivity index (χ1) is 12.6. The van der Waals surface area contributed by atoms with Crippen LogP contribution in [0.15, 0.2) is 72.8 Å². The summed E-state index contributed by atoms with van der Waals surface area (Å²) in [6, 6.07) is 22.2. The van der Waals surface area contributed by atoms with Gasteiger partial charge in [-0.15, -0.1) is 0 Å². The van der Waals surface area contributed by atoms with Gasteiger partial charge in [0.05, 0.1) is 3.57 Å². The summed E-state index contributed by atoms with van der Waals surface area (Å²) in [5.41, 5.74) is 2.03. The van der Waals surface area contributed by atoms with Crippen molar-refractivity contribution in [3.8, 4) is 11.5 Å². The molecule has 0 aliphatic rings. The zero-order valence-corrected chi connectivity index (χ0v) is 16.0. The van der Waals surface area contributed by atoms with Crippen LogP contribution >= 0.6 is 22.6 Å². The molecule has 1 N–H and O–H groups in total.